The van der Waals surface area contributed by atoms with E-state index in [4.69, 9.17) is 19.5 Å². The van der Waals surface area contributed by atoms with E-state index in [0.29, 0.717) is 0 Å². The molecule has 0 heterocycles. The van der Waals surface area contributed by atoms with Gasteiger partial charge in [0.25, 0.3) is 31.9 Å². The Labute approximate surface area is 337 Å². The van der Waals surface area contributed by atoms with Gasteiger partial charge in [-0.05, 0) is 109 Å². The number of amides is 2. The lowest BCUT2D eigenvalue weighted by Gasteiger charge is -2.13. The maximum atomic E-state index is 13.3. The van der Waals surface area contributed by atoms with Gasteiger partial charge in [-0.1, -0.05) is 24.3 Å². The molecule has 0 radical (unpaired) electrons. The molecule has 6 N–H and O–H groups in total. The number of hydrogen-bond acceptors (Lipinski definition) is 10. The summed E-state index contributed by atoms with van der Waals surface area (Å²) in [5.74, 6) is -2.94. The molecule has 0 aromatic heterocycles. The quantitative estimate of drug-likeness (QED) is 0.0623. The van der Waals surface area contributed by atoms with E-state index in [2.05, 4.69) is 20.1 Å². The normalized spacial score (nSPS) is 11.1. The molecule has 298 valence electrons. The summed E-state index contributed by atoms with van der Waals surface area (Å²) >= 11 is 0. The number of benzene rings is 6. The maximum absolute atomic E-state index is 13.3. The Balaban J connectivity index is 1.03. The fraction of sp³-hybridized carbons (Fsp3) is 0. The lowest BCUT2D eigenvalue weighted by molar-refractivity contribution is 0.0686. The van der Waals surface area contributed by atoms with Crippen LogP contribution >= 0.6 is 0 Å². The highest BCUT2D eigenvalue weighted by Crippen LogP contribution is 2.25. The Kier molecular flexibility index (Phi) is 12.3. The van der Waals surface area contributed by atoms with Crippen molar-refractivity contribution in [2.24, 2.45) is 0 Å². The Morgan fingerprint density at radius 3 is 1.15 bits per heavy atom. The summed E-state index contributed by atoms with van der Waals surface area (Å²) in [7, 11) is -8.62. The minimum absolute atomic E-state index is 0.00961. The number of rotatable bonds is 16. The monoisotopic (exact) mass is 834 g/mol. The number of sulfonamides is 2. The molecule has 59 heavy (non-hydrogen) atoms. The van der Waals surface area contributed by atoms with E-state index >= 15 is 0 Å². The molecule has 6 aromatic rings. The van der Waals surface area contributed by atoms with Crippen LogP contribution in [0.1, 0.15) is 41.4 Å². The minimum atomic E-state index is -4.14. The summed E-state index contributed by atoms with van der Waals surface area (Å²) in [6.07, 6.45) is 0. The van der Waals surface area contributed by atoms with Crippen molar-refractivity contribution in [3.05, 3.63) is 168 Å². The predicted octanol–water partition coefficient (Wildman–Crippen LogP) is 5.91. The first kappa shape index (κ1) is 41.0. The van der Waals surface area contributed by atoms with E-state index in [1.807, 2.05) is 0 Å². The number of aromatic carboxylic acids is 2. The first-order chi connectivity index (χ1) is 28.1. The highest BCUT2D eigenvalue weighted by atomic mass is 32.2. The van der Waals surface area contributed by atoms with Crippen LogP contribution in [-0.2, 0) is 20.0 Å². The molecule has 0 aliphatic rings. The number of anilines is 4. The highest BCUT2D eigenvalue weighted by Gasteiger charge is 2.19. The molecule has 0 unspecified atom stereocenters. The van der Waals surface area contributed by atoms with Gasteiger partial charge in [-0.2, -0.15) is 0 Å². The fourth-order valence-corrected chi connectivity index (χ4v) is 7.50. The van der Waals surface area contributed by atoms with Gasteiger partial charge in [0.1, 0.15) is 11.5 Å². The zero-order chi connectivity index (χ0) is 42.2. The lowest BCUT2D eigenvalue weighted by Crippen LogP contribution is -2.16. The van der Waals surface area contributed by atoms with Crippen LogP contribution in [0.4, 0.5) is 22.7 Å². The molecule has 0 fully saturated rings. The van der Waals surface area contributed by atoms with Gasteiger partial charge in [-0.15, -0.1) is 0 Å². The van der Waals surface area contributed by atoms with Crippen molar-refractivity contribution in [2.45, 2.75) is 9.79 Å². The number of hydrogen-bond donors (Lipinski definition) is 6. The molecule has 0 saturated carbocycles. The third-order valence-corrected chi connectivity index (χ3v) is 11.0. The molecule has 0 aliphatic heterocycles. The predicted molar refractivity (Wildman–Crippen MR) is 218 cm³/mol. The number of carbonyl (C=O) groups excluding carboxylic acids is 2. The molecule has 16 nitrogen and oxygen atoms in total. The number of carboxylic acids is 2. The zero-order valence-corrected chi connectivity index (χ0v) is 32.0. The van der Waals surface area contributed by atoms with Crippen molar-refractivity contribution in [2.75, 3.05) is 20.1 Å². The SMILES string of the molecule is O=C(O)c1ccc(C(=O)Nc2cccc(S(=O)(=O)Nc3cccc(OBOc4cccc(NS(=O)(=O)c5cccc(NC(=O)c6ccc(C(=O)O)cc6)c5)c4)c3)c2)cc1. The first-order valence-corrected chi connectivity index (χ1v) is 20.1. The molecule has 2 amide bonds. The standard InChI is InChI=1S/C40H31BN4O12S2/c46-37(25-13-17-27(18-14-25)39(48)49)42-29-5-3-11-35(23-29)58(52,53)44-31-7-1-9-33(21-31)56-41-57-34-10-2-8-32(22-34)45-59(54,55)36-12-4-6-30(24-36)43-38(47)26-15-19-28(20-16-26)40(50)51/h1-24,41,44-45H,(H,42,46)(H,43,47)(H,48,49)(H,50,51). The summed E-state index contributed by atoms with van der Waals surface area (Å²) in [6, 6.07) is 33.7. The Bertz CT molecular complexity index is 2600. The van der Waals surface area contributed by atoms with Crippen LogP contribution in [0.2, 0.25) is 0 Å². The van der Waals surface area contributed by atoms with Crippen LogP contribution in [0.25, 0.3) is 0 Å². The highest BCUT2D eigenvalue weighted by molar-refractivity contribution is 7.93. The van der Waals surface area contributed by atoms with Crippen molar-refractivity contribution >= 4 is 74.2 Å². The van der Waals surface area contributed by atoms with Crippen LogP contribution in [0, 0.1) is 0 Å². The van der Waals surface area contributed by atoms with Gasteiger partial charge >= 0.3 is 19.6 Å². The summed E-state index contributed by atoms with van der Waals surface area (Å²) in [5.41, 5.74) is 1.06. The Morgan fingerprint density at radius 1 is 0.441 bits per heavy atom. The molecule has 0 aliphatic carbocycles. The third kappa shape index (κ3) is 10.8. The molecule has 0 spiro atoms. The molecule has 6 aromatic carbocycles. The van der Waals surface area contributed by atoms with Gasteiger partial charge in [-0.3, -0.25) is 19.0 Å². The summed E-state index contributed by atoms with van der Waals surface area (Å²) < 4.78 is 69.3. The van der Waals surface area contributed by atoms with Crippen LogP contribution in [0.5, 0.6) is 11.5 Å². The Hall–Kier alpha value is -7.64. The number of carboxylic acid groups (broad SMARTS) is 2. The van der Waals surface area contributed by atoms with Crippen molar-refractivity contribution in [1.29, 1.82) is 0 Å². The summed E-state index contributed by atoms with van der Waals surface area (Å²) in [5, 5.41) is 23.3. The molecule has 0 atom stereocenters. The van der Waals surface area contributed by atoms with E-state index in [-0.39, 0.29) is 74.0 Å². The summed E-state index contributed by atoms with van der Waals surface area (Å²) in [6.45, 7) is 0. The summed E-state index contributed by atoms with van der Waals surface area (Å²) in [4.78, 5) is 47.2. The van der Waals surface area contributed by atoms with E-state index in [1.165, 1.54) is 121 Å². The van der Waals surface area contributed by atoms with E-state index in [9.17, 15) is 36.0 Å². The number of carbonyl (C=O) groups is 4. The smallest absolute Gasteiger partial charge is 0.528 e. The molecular formula is C40H31BN4O12S2. The fourth-order valence-electron chi connectivity index (χ4n) is 5.31. The van der Waals surface area contributed by atoms with Crippen LogP contribution in [-0.4, -0.2) is 58.5 Å². The molecule has 0 saturated heterocycles. The molecule has 19 heteroatoms. The van der Waals surface area contributed by atoms with Crippen LogP contribution in [0.15, 0.2) is 155 Å². The van der Waals surface area contributed by atoms with Crippen LogP contribution < -0.4 is 29.4 Å². The topological polar surface area (TPSA) is 244 Å². The van der Waals surface area contributed by atoms with E-state index in [1.54, 1.807) is 24.3 Å². The Morgan fingerprint density at radius 2 is 0.780 bits per heavy atom. The maximum Gasteiger partial charge on any atom is 0.576 e. The second-order valence-electron chi connectivity index (χ2n) is 12.4. The third-order valence-electron chi connectivity index (χ3n) is 8.22. The van der Waals surface area contributed by atoms with Gasteiger partial charge in [0.15, 0.2) is 0 Å². The zero-order valence-electron chi connectivity index (χ0n) is 30.4. The van der Waals surface area contributed by atoms with Gasteiger partial charge in [0.2, 0.25) is 0 Å². The van der Waals surface area contributed by atoms with Crippen LogP contribution in [0.3, 0.4) is 0 Å². The van der Waals surface area contributed by atoms with E-state index < -0.39 is 43.8 Å². The average molecular weight is 835 g/mol. The molecular weight excluding hydrogens is 803 g/mol. The second-order valence-corrected chi connectivity index (χ2v) is 15.8. The lowest BCUT2D eigenvalue weighted by atomic mass is 10.1. The largest absolute Gasteiger partial charge is 0.576 e. The number of nitrogens with one attached hydrogen (secondary N) is 4. The first-order valence-electron chi connectivity index (χ1n) is 17.2. The van der Waals surface area contributed by atoms with Crippen molar-refractivity contribution in [3.8, 4) is 11.5 Å². The second kappa shape index (κ2) is 17.7. The molecule has 0 bridgehead atoms. The van der Waals surface area contributed by atoms with Crippen molar-refractivity contribution < 1.29 is 55.5 Å². The van der Waals surface area contributed by atoms with Crippen molar-refractivity contribution in [1.82, 2.24) is 0 Å². The van der Waals surface area contributed by atoms with Gasteiger partial charge in [0.05, 0.1) is 32.3 Å². The van der Waals surface area contributed by atoms with Gasteiger partial charge in [0, 0.05) is 34.6 Å². The van der Waals surface area contributed by atoms with E-state index in [0.717, 1.165) is 0 Å². The van der Waals surface area contributed by atoms with Gasteiger partial charge < -0.3 is 30.2 Å². The van der Waals surface area contributed by atoms with Crippen molar-refractivity contribution in [3.63, 3.8) is 0 Å². The minimum Gasteiger partial charge on any atom is -0.528 e. The molecule has 6 rings (SSSR count). The van der Waals surface area contributed by atoms with Gasteiger partial charge in [-0.25, -0.2) is 26.4 Å². The average Bonchev–Trinajstić information content (AvgIpc) is 3.21.